The lowest BCUT2D eigenvalue weighted by Gasteiger charge is -2.09. The predicted octanol–water partition coefficient (Wildman–Crippen LogP) is 2.12. The number of nitrogens with zero attached hydrogens (tertiary/aromatic N) is 1. The molecule has 0 radical (unpaired) electrons. The van der Waals surface area contributed by atoms with Crippen LogP contribution in [-0.4, -0.2) is 12.8 Å². The molecule has 0 amide bonds. The van der Waals surface area contributed by atoms with Crippen molar-refractivity contribution >= 4 is 6.21 Å². The van der Waals surface area contributed by atoms with Gasteiger partial charge in [0.2, 0.25) is 0 Å². The van der Waals surface area contributed by atoms with Crippen molar-refractivity contribution < 1.29 is 0 Å². The quantitative estimate of drug-likeness (QED) is 0.536. The average molecular weight is 125 g/mol. The molecule has 52 valence electrons. The molecular formula is C8H15N. The van der Waals surface area contributed by atoms with Crippen LogP contribution in [0.1, 0.15) is 26.7 Å². The highest BCUT2D eigenvalue weighted by molar-refractivity contribution is 5.59. The van der Waals surface area contributed by atoms with Crippen LogP contribution in [0.2, 0.25) is 0 Å². The summed E-state index contributed by atoms with van der Waals surface area (Å²) >= 11 is 0. The van der Waals surface area contributed by atoms with Crippen LogP contribution in [0.5, 0.6) is 0 Å². The van der Waals surface area contributed by atoms with Gasteiger partial charge in [-0.2, -0.15) is 0 Å². The van der Waals surface area contributed by atoms with Crippen molar-refractivity contribution in [1.82, 2.24) is 0 Å². The summed E-state index contributed by atoms with van der Waals surface area (Å²) in [5, 5.41) is 0. The van der Waals surface area contributed by atoms with Crippen molar-refractivity contribution in [3.8, 4) is 0 Å². The second kappa shape index (κ2) is 3.00. The minimum atomic E-state index is 0.844. The van der Waals surface area contributed by atoms with Gasteiger partial charge in [-0.05, 0) is 30.9 Å². The zero-order valence-electron chi connectivity index (χ0n) is 6.30. The highest BCUT2D eigenvalue weighted by Gasteiger charge is 2.11. The van der Waals surface area contributed by atoms with E-state index in [-0.39, 0.29) is 0 Å². The summed E-state index contributed by atoms with van der Waals surface area (Å²) in [5.41, 5.74) is 0. The Morgan fingerprint density at radius 2 is 2.44 bits per heavy atom. The lowest BCUT2D eigenvalue weighted by Crippen LogP contribution is -2.03. The van der Waals surface area contributed by atoms with Crippen molar-refractivity contribution in [2.24, 2.45) is 16.8 Å². The van der Waals surface area contributed by atoms with E-state index in [0.29, 0.717) is 0 Å². The van der Waals surface area contributed by atoms with Crippen molar-refractivity contribution in [2.75, 3.05) is 6.54 Å². The van der Waals surface area contributed by atoms with Gasteiger partial charge in [0.05, 0.1) is 0 Å². The zero-order valence-corrected chi connectivity index (χ0v) is 6.30. The normalized spacial score (nSPS) is 25.9. The second-order valence-corrected chi connectivity index (χ2v) is 3.28. The van der Waals surface area contributed by atoms with E-state index in [0.717, 1.165) is 18.4 Å². The van der Waals surface area contributed by atoms with Gasteiger partial charge < -0.3 is 0 Å². The molecule has 0 fully saturated rings. The summed E-state index contributed by atoms with van der Waals surface area (Å²) in [6, 6.07) is 0. The van der Waals surface area contributed by atoms with E-state index >= 15 is 0 Å². The molecule has 1 aliphatic rings. The van der Waals surface area contributed by atoms with Crippen molar-refractivity contribution in [2.45, 2.75) is 26.7 Å². The van der Waals surface area contributed by atoms with Crippen LogP contribution in [0.4, 0.5) is 0 Å². The largest absolute Gasteiger partial charge is 0.297 e. The molecule has 0 aromatic heterocycles. The standard InChI is InChI=1S/C8H15N/c1-7(2)5-8-3-4-9-6-8/h4,7-8H,3,5-6H2,1-2H3/t8-/m1/s1. The van der Waals surface area contributed by atoms with Gasteiger partial charge in [0.15, 0.2) is 0 Å². The first-order valence-electron chi connectivity index (χ1n) is 3.77. The van der Waals surface area contributed by atoms with Gasteiger partial charge in [-0.3, -0.25) is 4.99 Å². The van der Waals surface area contributed by atoms with Crippen molar-refractivity contribution in [3.63, 3.8) is 0 Å². The lowest BCUT2D eigenvalue weighted by atomic mass is 9.96. The third-order valence-corrected chi connectivity index (χ3v) is 1.74. The molecule has 9 heavy (non-hydrogen) atoms. The smallest absolute Gasteiger partial charge is 0.0417 e. The Kier molecular flexibility index (Phi) is 2.26. The molecule has 0 spiro atoms. The summed E-state index contributed by atoms with van der Waals surface area (Å²) in [6.45, 7) is 5.63. The molecule has 1 aliphatic heterocycles. The molecule has 0 aromatic rings. The van der Waals surface area contributed by atoms with Crippen LogP contribution in [0.25, 0.3) is 0 Å². The topological polar surface area (TPSA) is 12.4 Å². The Balaban J connectivity index is 2.14. The first-order valence-corrected chi connectivity index (χ1v) is 3.77. The van der Waals surface area contributed by atoms with Gasteiger partial charge in [0.25, 0.3) is 0 Å². The Hall–Kier alpha value is -0.330. The van der Waals surface area contributed by atoms with E-state index < -0.39 is 0 Å². The Bertz CT molecular complexity index is 97.1. The van der Waals surface area contributed by atoms with Gasteiger partial charge in [-0.25, -0.2) is 0 Å². The van der Waals surface area contributed by atoms with E-state index in [2.05, 4.69) is 25.1 Å². The summed E-state index contributed by atoms with van der Waals surface area (Å²) in [5.74, 6) is 1.71. The monoisotopic (exact) mass is 125 g/mol. The number of aliphatic imine (C=N–C) groups is 1. The molecule has 0 aromatic carbocycles. The molecule has 0 aliphatic carbocycles. The van der Waals surface area contributed by atoms with E-state index in [1.807, 2.05) is 0 Å². The molecular weight excluding hydrogens is 110 g/mol. The van der Waals surface area contributed by atoms with E-state index in [1.165, 1.54) is 12.8 Å². The zero-order chi connectivity index (χ0) is 6.69. The van der Waals surface area contributed by atoms with Crippen LogP contribution in [0.3, 0.4) is 0 Å². The minimum Gasteiger partial charge on any atom is -0.297 e. The lowest BCUT2D eigenvalue weighted by molar-refractivity contribution is 0.445. The maximum absolute atomic E-state index is 4.19. The summed E-state index contributed by atoms with van der Waals surface area (Å²) in [4.78, 5) is 4.19. The highest BCUT2D eigenvalue weighted by atomic mass is 14.7. The van der Waals surface area contributed by atoms with E-state index in [1.54, 1.807) is 0 Å². The van der Waals surface area contributed by atoms with Crippen molar-refractivity contribution in [1.29, 1.82) is 0 Å². The first-order chi connectivity index (χ1) is 4.29. The fourth-order valence-corrected chi connectivity index (χ4v) is 1.36. The Morgan fingerprint density at radius 1 is 1.67 bits per heavy atom. The van der Waals surface area contributed by atoms with Gasteiger partial charge in [-0.1, -0.05) is 13.8 Å². The minimum absolute atomic E-state index is 0.844. The molecule has 1 nitrogen and oxygen atoms in total. The fourth-order valence-electron chi connectivity index (χ4n) is 1.36. The first kappa shape index (κ1) is 6.79. The predicted molar refractivity (Wildman–Crippen MR) is 40.9 cm³/mol. The van der Waals surface area contributed by atoms with Crippen molar-refractivity contribution in [3.05, 3.63) is 0 Å². The van der Waals surface area contributed by atoms with Gasteiger partial charge >= 0.3 is 0 Å². The molecule has 1 atom stereocenters. The van der Waals surface area contributed by atoms with Gasteiger partial charge in [-0.15, -0.1) is 0 Å². The average Bonchev–Trinajstić information content (AvgIpc) is 2.15. The molecule has 0 saturated heterocycles. The highest BCUT2D eigenvalue weighted by Crippen LogP contribution is 2.17. The molecule has 0 unspecified atom stereocenters. The van der Waals surface area contributed by atoms with Gasteiger partial charge in [0, 0.05) is 6.54 Å². The SMILES string of the molecule is CC(C)C[C@H]1CC=NC1. The molecule has 1 heteroatoms. The molecule has 0 N–H and O–H groups in total. The third-order valence-electron chi connectivity index (χ3n) is 1.74. The van der Waals surface area contributed by atoms with E-state index in [4.69, 9.17) is 0 Å². The Morgan fingerprint density at radius 3 is 2.89 bits per heavy atom. The van der Waals surface area contributed by atoms with Crippen LogP contribution >= 0.6 is 0 Å². The molecule has 1 heterocycles. The second-order valence-electron chi connectivity index (χ2n) is 3.28. The van der Waals surface area contributed by atoms with Crippen LogP contribution in [0.15, 0.2) is 4.99 Å². The van der Waals surface area contributed by atoms with Crippen LogP contribution in [0, 0.1) is 11.8 Å². The maximum Gasteiger partial charge on any atom is 0.0417 e. The molecule has 0 saturated carbocycles. The third kappa shape index (κ3) is 2.17. The summed E-state index contributed by atoms with van der Waals surface area (Å²) in [7, 11) is 0. The molecule has 1 rings (SSSR count). The summed E-state index contributed by atoms with van der Waals surface area (Å²) in [6.07, 6.45) is 4.63. The maximum atomic E-state index is 4.19. The summed E-state index contributed by atoms with van der Waals surface area (Å²) < 4.78 is 0. The number of rotatable bonds is 2. The molecule has 0 bridgehead atoms. The van der Waals surface area contributed by atoms with E-state index in [9.17, 15) is 0 Å². The van der Waals surface area contributed by atoms with Crippen LogP contribution < -0.4 is 0 Å². The number of hydrogen-bond acceptors (Lipinski definition) is 1. The number of hydrogen-bond donors (Lipinski definition) is 0. The van der Waals surface area contributed by atoms with Gasteiger partial charge in [0.1, 0.15) is 0 Å². The Labute approximate surface area is 57.2 Å². The van der Waals surface area contributed by atoms with Crippen LogP contribution in [-0.2, 0) is 0 Å². The fraction of sp³-hybridized carbons (Fsp3) is 0.875.